The highest BCUT2D eigenvalue weighted by Crippen LogP contribution is 2.26. The lowest BCUT2D eigenvalue weighted by molar-refractivity contribution is -0.127. The quantitative estimate of drug-likeness (QED) is 0.782. The smallest absolute Gasteiger partial charge is 0.246 e. The molecule has 5 heteroatoms. The lowest BCUT2D eigenvalue weighted by Crippen LogP contribution is -2.50. The minimum Gasteiger partial charge on any atom is -0.355 e. The van der Waals surface area contributed by atoms with E-state index in [2.05, 4.69) is 31.0 Å². The zero-order valence-corrected chi connectivity index (χ0v) is 15.7. The van der Waals surface area contributed by atoms with Crippen LogP contribution < -0.4 is 5.32 Å². The van der Waals surface area contributed by atoms with Crippen LogP contribution in [0.3, 0.4) is 0 Å². The Morgan fingerprint density at radius 2 is 1.75 bits per heavy atom. The first-order chi connectivity index (χ1) is 11.3. The van der Waals surface area contributed by atoms with Crippen LogP contribution >= 0.6 is 0 Å². The number of carbonyl (C=O) groups is 2. The van der Waals surface area contributed by atoms with Crippen molar-refractivity contribution in [3.8, 4) is 0 Å². The van der Waals surface area contributed by atoms with Crippen molar-refractivity contribution < 1.29 is 9.59 Å². The van der Waals surface area contributed by atoms with Gasteiger partial charge < -0.3 is 10.2 Å². The molecular formula is C19H33N3O2. The number of amides is 2. The molecule has 1 saturated heterocycles. The van der Waals surface area contributed by atoms with Gasteiger partial charge in [0.1, 0.15) is 0 Å². The molecule has 0 atom stereocenters. The van der Waals surface area contributed by atoms with Gasteiger partial charge >= 0.3 is 0 Å². The van der Waals surface area contributed by atoms with Crippen molar-refractivity contribution in [3.05, 3.63) is 11.6 Å². The second-order valence-corrected chi connectivity index (χ2v) is 8.16. The van der Waals surface area contributed by atoms with E-state index >= 15 is 0 Å². The molecule has 0 radical (unpaired) electrons. The van der Waals surface area contributed by atoms with E-state index in [-0.39, 0.29) is 23.1 Å². The van der Waals surface area contributed by atoms with Crippen LogP contribution in [0.1, 0.15) is 47.0 Å². The molecule has 5 nitrogen and oxygen atoms in total. The third kappa shape index (κ3) is 5.33. The van der Waals surface area contributed by atoms with Gasteiger partial charge in [-0.1, -0.05) is 32.8 Å². The zero-order valence-electron chi connectivity index (χ0n) is 15.7. The SMILES string of the molecule is C/C(=C\C(=O)N1CCN(CCNC(=O)C2CCC2)CC1)C(C)(C)C. The standard InChI is InChI=1S/C19H33N3O2/c1-15(19(2,3)4)14-17(23)22-12-10-21(11-13-22)9-8-20-18(24)16-6-5-7-16/h14,16H,5-13H2,1-4H3,(H,20,24)/b15-14+. The molecular weight excluding hydrogens is 302 g/mol. The molecule has 1 aliphatic carbocycles. The first-order valence-corrected chi connectivity index (χ1v) is 9.25. The van der Waals surface area contributed by atoms with Crippen LogP contribution in [0.4, 0.5) is 0 Å². The number of rotatable bonds is 5. The van der Waals surface area contributed by atoms with Gasteiger partial charge in [-0.05, 0) is 25.2 Å². The molecule has 0 unspecified atom stereocenters. The molecule has 0 aromatic heterocycles. The van der Waals surface area contributed by atoms with Crippen LogP contribution in [0.2, 0.25) is 0 Å². The molecule has 1 aliphatic heterocycles. The fourth-order valence-corrected chi connectivity index (χ4v) is 2.84. The molecule has 2 rings (SSSR count). The first kappa shape index (κ1) is 19.0. The van der Waals surface area contributed by atoms with Crippen LogP contribution in [-0.2, 0) is 9.59 Å². The number of nitrogens with one attached hydrogen (secondary N) is 1. The van der Waals surface area contributed by atoms with Crippen LogP contribution in [0, 0.1) is 11.3 Å². The summed E-state index contributed by atoms with van der Waals surface area (Å²) in [5.41, 5.74) is 1.16. The molecule has 2 aliphatic rings. The van der Waals surface area contributed by atoms with Crippen LogP contribution in [0.15, 0.2) is 11.6 Å². The molecule has 1 N–H and O–H groups in total. The summed E-state index contributed by atoms with van der Waals surface area (Å²) in [6, 6.07) is 0. The summed E-state index contributed by atoms with van der Waals surface area (Å²) in [6.07, 6.45) is 5.08. The predicted octanol–water partition coefficient (Wildman–Crippen LogP) is 2.04. The van der Waals surface area contributed by atoms with Gasteiger partial charge in [-0.25, -0.2) is 0 Å². The van der Waals surface area contributed by atoms with Gasteiger partial charge in [-0.2, -0.15) is 0 Å². The number of carbonyl (C=O) groups excluding carboxylic acids is 2. The topological polar surface area (TPSA) is 52.7 Å². The molecule has 0 aromatic carbocycles. The largest absolute Gasteiger partial charge is 0.355 e. The molecule has 1 saturated carbocycles. The predicted molar refractivity (Wildman–Crippen MR) is 96.6 cm³/mol. The van der Waals surface area contributed by atoms with Gasteiger partial charge in [-0.15, -0.1) is 0 Å². The lowest BCUT2D eigenvalue weighted by atomic mass is 9.85. The Morgan fingerprint density at radius 3 is 2.25 bits per heavy atom. The van der Waals surface area contributed by atoms with Gasteiger partial charge in [-0.3, -0.25) is 14.5 Å². The molecule has 24 heavy (non-hydrogen) atoms. The third-order valence-electron chi connectivity index (χ3n) is 5.41. The second kappa shape index (κ2) is 8.15. The Bertz CT molecular complexity index is 481. The van der Waals surface area contributed by atoms with Crippen LogP contribution in [0.25, 0.3) is 0 Å². The van der Waals surface area contributed by atoms with E-state index in [9.17, 15) is 9.59 Å². The summed E-state index contributed by atoms with van der Waals surface area (Å²) in [4.78, 5) is 28.4. The van der Waals surface area contributed by atoms with E-state index in [1.807, 2.05) is 11.8 Å². The second-order valence-electron chi connectivity index (χ2n) is 8.16. The minimum absolute atomic E-state index is 0.0378. The Kier molecular flexibility index (Phi) is 6.44. The molecule has 136 valence electrons. The van der Waals surface area contributed by atoms with Crippen molar-refractivity contribution >= 4 is 11.8 Å². The van der Waals surface area contributed by atoms with Gasteiger partial charge in [0.2, 0.25) is 11.8 Å². The summed E-state index contributed by atoms with van der Waals surface area (Å²) >= 11 is 0. The highest BCUT2D eigenvalue weighted by molar-refractivity contribution is 5.88. The van der Waals surface area contributed by atoms with Gasteiger partial charge in [0.05, 0.1) is 0 Å². The maximum absolute atomic E-state index is 12.4. The molecule has 2 fully saturated rings. The Labute approximate surface area is 146 Å². The summed E-state index contributed by atoms with van der Waals surface area (Å²) in [6.45, 7) is 13.3. The van der Waals surface area contributed by atoms with Crippen molar-refractivity contribution in [3.63, 3.8) is 0 Å². The van der Waals surface area contributed by atoms with E-state index in [4.69, 9.17) is 0 Å². The molecule has 0 spiro atoms. The summed E-state index contributed by atoms with van der Waals surface area (Å²) in [5.74, 6) is 0.607. The maximum Gasteiger partial charge on any atom is 0.246 e. The monoisotopic (exact) mass is 335 g/mol. The van der Waals surface area contributed by atoms with Crippen molar-refractivity contribution in [2.24, 2.45) is 11.3 Å². The first-order valence-electron chi connectivity index (χ1n) is 9.25. The summed E-state index contributed by atoms with van der Waals surface area (Å²) < 4.78 is 0. The van der Waals surface area contributed by atoms with Gasteiger partial charge in [0.25, 0.3) is 0 Å². The van der Waals surface area contributed by atoms with Crippen LogP contribution in [0.5, 0.6) is 0 Å². The Morgan fingerprint density at radius 1 is 1.12 bits per heavy atom. The van der Waals surface area contributed by atoms with Crippen molar-refractivity contribution in [1.29, 1.82) is 0 Å². The van der Waals surface area contributed by atoms with Crippen molar-refractivity contribution in [2.75, 3.05) is 39.3 Å². The lowest BCUT2D eigenvalue weighted by Gasteiger charge is -2.34. The molecule has 0 bridgehead atoms. The van der Waals surface area contributed by atoms with Gasteiger partial charge in [0, 0.05) is 51.3 Å². The molecule has 0 aromatic rings. The van der Waals surface area contributed by atoms with Crippen LogP contribution in [-0.4, -0.2) is 60.9 Å². The zero-order chi connectivity index (χ0) is 17.7. The average molecular weight is 335 g/mol. The van der Waals surface area contributed by atoms with E-state index in [1.165, 1.54) is 6.42 Å². The highest BCUT2D eigenvalue weighted by atomic mass is 16.2. The van der Waals surface area contributed by atoms with Crippen molar-refractivity contribution in [1.82, 2.24) is 15.1 Å². The van der Waals surface area contributed by atoms with Crippen molar-refractivity contribution in [2.45, 2.75) is 47.0 Å². The third-order valence-corrected chi connectivity index (χ3v) is 5.41. The summed E-state index contributed by atoms with van der Waals surface area (Å²) in [5, 5.41) is 3.04. The number of piperazine rings is 1. The van der Waals surface area contributed by atoms with E-state index in [0.29, 0.717) is 6.54 Å². The number of allylic oxidation sites excluding steroid dienone is 1. The number of hydrogen-bond donors (Lipinski definition) is 1. The fraction of sp³-hybridized carbons (Fsp3) is 0.789. The molecule has 2 amide bonds. The molecule has 1 heterocycles. The normalized spacial score (nSPS) is 20.7. The van der Waals surface area contributed by atoms with E-state index in [1.54, 1.807) is 6.08 Å². The Balaban J connectivity index is 1.67. The minimum atomic E-state index is 0.0378. The fourth-order valence-electron chi connectivity index (χ4n) is 2.84. The van der Waals surface area contributed by atoms with E-state index in [0.717, 1.165) is 51.1 Å². The highest BCUT2D eigenvalue weighted by Gasteiger charge is 2.25. The Hall–Kier alpha value is -1.36. The van der Waals surface area contributed by atoms with Gasteiger partial charge in [0.15, 0.2) is 0 Å². The maximum atomic E-state index is 12.4. The summed E-state index contributed by atoms with van der Waals surface area (Å²) in [7, 11) is 0. The van der Waals surface area contributed by atoms with E-state index < -0.39 is 0 Å². The number of nitrogens with zero attached hydrogens (tertiary/aromatic N) is 2. The number of hydrogen-bond acceptors (Lipinski definition) is 3. The average Bonchev–Trinajstić information content (AvgIpc) is 2.45.